The maximum absolute atomic E-state index is 4.16. The van der Waals surface area contributed by atoms with Gasteiger partial charge in [-0.15, -0.1) is 0 Å². The Hall–Kier alpha value is -0.990. The highest BCUT2D eigenvalue weighted by Gasteiger charge is 2.19. The average molecular weight is 165 g/mol. The van der Waals surface area contributed by atoms with Crippen LogP contribution in [-0.4, -0.2) is 22.9 Å². The lowest BCUT2D eigenvalue weighted by Gasteiger charge is -2.14. The van der Waals surface area contributed by atoms with Gasteiger partial charge >= 0.3 is 0 Å². The van der Waals surface area contributed by atoms with Crippen LogP contribution in [0.2, 0.25) is 0 Å². The van der Waals surface area contributed by atoms with Gasteiger partial charge in [-0.25, -0.2) is 0 Å². The van der Waals surface area contributed by atoms with Crippen molar-refractivity contribution in [1.29, 1.82) is 0 Å². The van der Waals surface area contributed by atoms with Gasteiger partial charge in [0.2, 0.25) is 0 Å². The smallest absolute Gasteiger partial charge is 0.0752 e. The summed E-state index contributed by atoms with van der Waals surface area (Å²) < 4.78 is 1.86. The maximum Gasteiger partial charge on any atom is 0.0752 e. The zero-order chi connectivity index (χ0) is 8.55. The molecule has 1 atom stereocenters. The Balaban J connectivity index is 2.11. The fourth-order valence-electron chi connectivity index (χ4n) is 1.74. The van der Waals surface area contributed by atoms with Crippen LogP contribution in [0.5, 0.6) is 0 Å². The second-order valence-corrected chi connectivity index (χ2v) is 3.71. The van der Waals surface area contributed by atoms with E-state index in [1.165, 1.54) is 25.2 Å². The first kappa shape index (κ1) is 7.65. The third-order valence-electron chi connectivity index (χ3n) is 2.48. The predicted octanol–water partition coefficient (Wildman–Crippen LogP) is 1.27. The van der Waals surface area contributed by atoms with Crippen LogP contribution in [0.25, 0.3) is 0 Å². The Morgan fingerprint density at radius 3 is 2.92 bits per heavy atom. The first-order chi connectivity index (χ1) is 5.75. The maximum atomic E-state index is 4.16. The van der Waals surface area contributed by atoms with E-state index in [0.29, 0.717) is 0 Å². The van der Waals surface area contributed by atoms with Gasteiger partial charge in [-0.2, -0.15) is 5.10 Å². The molecule has 0 aromatic carbocycles. The predicted molar refractivity (Wildman–Crippen MR) is 49.2 cm³/mol. The van der Waals surface area contributed by atoms with Gasteiger partial charge in [0.25, 0.3) is 0 Å². The summed E-state index contributed by atoms with van der Waals surface area (Å²) in [5.41, 5.74) is 1.27. The van der Waals surface area contributed by atoms with Crippen molar-refractivity contribution in [3.8, 4) is 0 Å². The van der Waals surface area contributed by atoms with Gasteiger partial charge in [0.05, 0.1) is 11.9 Å². The molecule has 1 aromatic heterocycles. The van der Waals surface area contributed by atoms with E-state index >= 15 is 0 Å². The number of aryl methyl sites for hydroxylation is 1. The van der Waals surface area contributed by atoms with Gasteiger partial charge in [-0.1, -0.05) is 6.92 Å². The molecule has 0 amide bonds. The molecule has 3 nitrogen and oxygen atoms in total. The van der Waals surface area contributed by atoms with Gasteiger partial charge in [0.15, 0.2) is 0 Å². The largest absolute Gasteiger partial charge is 0.369 e. The molecule has 66 valence electrons. The van der Waals surface area contributed by atoms with Crippen molar-refractivity contribution in [1.82, 2.24) is 9.78 Å². The molecule has 0 spiro atoms. The molecule has 0 aliphatic carbocycles. The fraction of sp³-hybridized carbons (Fsp3) is 0.667. The van der Waals surface area contributed by atoms with Crippen LogP contribution in [0.15, 0.2) is 12.4 Å². The highest BCUT2D eigenvalue weighted by molar-refractivity contribution is 5.43. The van der Waals surface area contributed by atoms with E-state index in [9.17, 15) is 0 Å². The summed E-state index contributed by atoms with van der Waals surface area (Å²) in [5.74, 6) is 0.838. The minimum atomic E-state index is 0.838. The Morgan fingerprint density at radius 2 is 2.42 bits per heavy atom. The van der Waals surface area contributed by atoms with Crippen LogP contribution < -0.4 is 4.90 Å². The van der Waals surface area contributed by atoms with Crippen molar-refractivity contribution in [2.75, 3.05) is 18.0 Å². The summed E-state index contributed by atoms with van der Waals surface area (Å²) in [6.45, 7) is 4.68. The second kappa shape index (κ2) is 2.81. The first-order valence-corrected chi connectivity index (χ1v) is 4.49. The summed E-state index contributed by atoms with van der Waals surface area (Å²) in [6, 6.07) is 0. The molecule has 0 radical (unpaired) electrons. The van der Waals surface area contributed by atoms with E-state index in [2.05, 4.69) is 23.1 Å². The van der Waals surface area contributed by atoms with E-state index in [1.54, 1.807) is 0 Å². The molecule has 1 aromatic rings. The molecule has 12 heavy (non-hydrogen) atoms. The standard InChI is InChI=1S/C9H15N3/c1-8-3-4-12(6-8)9-5-10-11(2)7-9/h5,7-8H,3-4,6H2,1-2H3. The highest BCUT2D eigenvalue weighted by atomic mass is 15.3. The monoisotopic (exact) mass is 165 g/mol. The Bertz CT molecular complexity index is 266. The number of rotatable bonds is 1. The molecule has 3 heteroatoms. The van der Waals surface area contributed by atoms with Gasteiger partial charge in [0, 0.05) is 26.3 Å². The molecule has 1 aliphatic heterocycles. The van der Waals surface area contributed by atoms with Crippen LogP contribution in [0, 0.1) is 5.92 Å². The number of nitrogens with zero attached hydrogens (tertiary/aromatic N) is 3. The summed E-state index contributed by atoms with van der Waals surface area (Å²) >= 11 is 0. The normalized spacial score (nSPS) is 23.5. The second-order valence-electron chi connectivity index (χ2n) is 3.71. The lowest BCUT2D eigenvalue weighted by molar-refractivity contribution is 0.659. The number of hydrogen-bond donors (Lipinski definition) is 0. The van der Waals surface area contributed by atoms with E-state index in [-0.39, 0.29) is 0 Å². The lowest BCUT2D eigenvalue weighted by atomic mass is 10.2. The molecule has 0 saturated carbocycles. The fourth-order valence-corrected chi connectivity index (χ4v) is 1.74. The van der Waals surface area contributed by atoms with Crippen molar-refractivity contribution >= 4 is 5.69 Å². The lowest BCUT2D eigenvalue weighted by Crippen LogP contribution is -2.18. The highest BCUT2D eigenvalue weighted by Crippen LogP contribution is 2.22. The van der Waals surface area contributed by atoms with Crippen molar-refractivity contribution in [2.45, 2.75) is 13.3 Å². The van der Waals surface area contributed by atoms with Crippen LogP contribution in [0.4, 0.5) is 5.69 Å². The first-order valence-electron chi connectivity index (χ1n) is 4.49. The van der Waals surface area contributed by atoms with Crippen LogP contribution in [0.1, 0.15) is 13.3 Å². The summed E-state index contributed by atoms with van der Waals surface area (Å²) in [4.78, 5) is 2.40. The molecule has 1 saturated heterocycles. The van der Waals surface area contributed by atoms with E-state index in [0.717, 1.165) is 5.92 Å². The number of anilines is 1. The summed E-state index contributed by atoms with van der Waals surface area (Å²) in [7, 11) is 1.96. The van der Waals surface area contributed by atoms with Crippen molar-refractivity contribution in [2.24, 2.45) is 13.0 Å². The third kappa shape index (κ3) is 1.31. The third-order valence-corrected chi connectivity index (χ3v) is 2.48. The zero-order valence-electron chi connectivity index (χ0n) is 7.70. The number of hydrogen-bond acceptors (Lipinski definition) is 2. The Labute approximate surface area is 73.0 Å². The quantitative estimate of drug-likeness (QED) is 0.624. The van der Waals surface area contributed by atoms with E-state index in [4.69, 9.17) is 0 Å². The molecule has 2 rings (SSSR count). The number of aromatic nitrogens is 2. The van der Waals surface area contributed by atoms with Gasteiger partial charge in [0.1, 0.15) is 0 Å². The summed E-state index contributed by atoms with van der Waals surface area (Å²) in [6.07, 6.45) is 5.34. The molecule has 1 aliphatic rings. The minimum Gasteiger partial charge on any atom is -0.369 e. The van der Waals surface area contributed by atoms with E-state index in [1.807, 2.05) is 17.9 Å². The van der Waals surface area contributed by atoms with Gasteiger partial charge in [-0.05, 0) is 12.3 Å². The van der Waals surface area contributed by atoms with Crippen molar-refractivity contribution in [3.05, 3.63) is 12.4 Å². The van der Waals surface area contributed by atoms with Crippen molar-refractivity contribution in [3.63, 3.8) is 0 Å². The van der Waals surface area contributed by atoms with Crippen molar-refractivity contribution < 1.29 is 0 Å². The minimum absolute atomic E-state index is 0.838. The molecule has 0 bridgehead atoms. The van der Waals surface area contributed by atoms with Crippen LogP contribution in [-0.2, 0) is 7.05 Å². The Kier molecular flexibility index (Phi) is 1.79. The van der Waals surface area contributed by atoms with Gasteiger partial charge in [-0.3, -0.25) is 4.68 Å². The van der Waals surface area contributed by atoms with E-state index < -0.39 is 0 Å². The topological polar surface area (TPSA) is 21.1 Å². The molecular weight excluding hydrogens is 150 g/mol. The Morgan fingerprint density at radius 1 is 1.58 bits per heavy atom. The molecule has 1 unspecified atom stereocenters. The molecule has 1 fully saturated rings. The SMILES string of the molecule is CC1CCN(c2cnn(C)c2)C1. The zero-order valence-corrected chi connectivity index (χ0v) is 7.70. The van der Waals surface area contributed by atoms with Gasteiger partial charge < -0.3 is 4.90 Å². The van der Waals surface area contributed by atoms with Crippen LogP contribution in [0.3, 0.4) is 0 Å². The molecular formula is C9H15N3. The molecule has 0 N–H and O–H groups in total. The van der Waals surface area contributed by atoms with Crippen LogP contribution >= 0.6 is 0 Å². The average Bonchev–Trinajstić information content (AvgIpc) is 2.58. The summed E-state index contributed by atoms with van der Waals surface area (Å²) in [5, 5.41) is 4.16. The molecule has 2 heterocycles.